The Kier molecular flexibility index (Phi) is 4.82. The molecule has 2 aromatic rings. The van der Waals surface area contributed by atoms with Crippen molar-refractivity contribution >= 4 is 17.3 Å². The first kappa shape index (κ1) is 14.9. The normalized spacial score (nSPS) is 10.3. The van der Waals surface area contributed by atoms with Crippen molar-refractivity contribution < 1.29 is 9.53 Å². The number of rotatable bonds is 5. The Bertz CT molecular complexity index is 638. The Morgan fingerprint density at radius 3 is 2.38 bits per heavy atom. The van der Waals surface area contributed by atoms with E-state index in [0.717, 1.165) is 40.9 Å². The molecular formula is C17H20N2O2. The van der Waals surface area contributed by atoms with Gasteiger partial charge in [-0.15, -0.1) is 0 Å². The summed E-state index contributed by atoms with van der Waals surface area (Å²) in [4.78, 5) is 11.3. The van der Waals surface area contributed by atoms with E-state index in [2.05, 4.69) is 4.74 Å². The predicted molar refractivity (Wildman–Crippen MR) is 84.8 cm³/mol. The second-order valence-electron chi connectivity index (χ2n) is 4.98. The first-order valence-corrected chi connectivity index (χ1v) is 6.87. The first-order chi connectivity index (χ1) is 10.1. The number of para-hydroxylation sites is 1. The zero-order valence-corrected chi connectivity index (χ0v) is 12.1. The molecule has 0 fully saturated rings. The highest BCUT2D eigenvalue weighted by molar-refractivity contribution is 5.72. The Hall–Kier alpha value is -2.49. The molecule has 0 saturated carbocycles. The van der Waals surface area contributed by atoms with Crippen molar-refractivity contribution in [2.45, 2.75) is 19.3 Å². The number of ether oxygens (including phenoxy) is 1. The number of esters is 1. The summed E-state index contributed by atoms with van der Waals surface area (Å²) in [6.07, 6.45) is 1.87. The molecule has 0 aromatic heterocycles. The van der Waals surface area contributed by atoms with Gasteiger partial charge in [0.25, 0.3) is 0 Å². The van der Waals surface area contributed by atoms with Crippen LogP contribution >= 0.6 is 0 Å². The highest BCUT2D eigenvalue weighted by Crippen LogP contribution is 2.19. The van der Waals surface area contributed by atoms with Crippen molar-refractivity contribution in [2.75, 3.05) is 18.6 Å². The summed E-state index contributed by atoms with van der Waals surface area (Å²) >= 11 is 0. The van der Waals surface area contributed by atoms with E-state index >= 15 is 0 Å². The van der Waals surface area contributed by atoms with Crippen LogP contribution in [0.3, 0.4) is 0 Å². The standard InChI is InChI=1S/C17H20N2O2/c1-21-17(20)11-12-6-9-16(19)14(10-12)8-7-13-4-2-3-5-15(13)18/h2-6,9-10H,7-8,11,18-19H2,1H3. The van der Waals surface area contributed by atoms with Gasteiger partial charge in [-0.05, 0) is 41.7 Å². The van der Waals surface area contributed by atoms with Crippen LogP contribution in [-0.2, 0) is 28.8 Å². The van der Waals surface area contributed by atoms with Gasteiger partial charge in [0, 0.05) is 11.4 Å². The molecular weight excluding hydrogens is 264 g/mol. The third-order valence-electron chi connectivity index (χ3n) is 3.50. The molecule has 0 amide bonds. The predicted octanol–water partition coefficient (Wildman–Crippen LogP) is 2.35. The number of hydrogen-bond acceptors (Lipinski definition) is 4. The molecule has 0 aliphatic rings. The first-order valence-electron chi connectivity index (χ1n) is 6.87. The zero-order chi connectivity index (χ0) is 15.2. The van der Waals surface area contributed by atoms with E-state index in [1.807, 2.05) is 42.5 Å². The summed E-state index contributed by atoms with van der Waals surface area (Å²) in [5.41, 5.74) is 16.5. The SMILES string of the molecule is COC(=O)Cc1ccc(N)c(CCc2ccccc2N)c1. The Morgan fingerprint density at radius 1 is 1.00 bits per heavy atom. The molecule has 0 heterocycles. The molecule has 4 nitrogen and oxygen atoms in total. The molecule has 0 unspecified atom stereocenters. The van der Waals surface area contributed by atoms with Crippen LogP contribution < -0.4 is 11.5 Å². The third-order valence-corrected chi connectivity index (χ3v) is 3.50. The number of anilines is 2. The zero-order valence-electron chi connectivity index (χ0n) is 12.1. The van der Waals surface area contributed by atoms with Crippen LogP contribution in [0.1, 0.15) is 16.7 Å². The third kappa shape index (κ3) is 3.99. The van der Waals surface area contributed by atoms with E-state index in [1.165, 1.54) is 7.11 Å². The molecule has 0 aliphatic carbocycles. The smallest absolute Gasteiger partial charge is 0.309 e. The fourth-order valence-electron chi connectivity index (χ4n) is 2.26. The number of benzene rings is 2. The molecule has 0 atom stereocenters. The minimum absolute atomic E-state index is 0.252. The maximum Gasteiger partial charge on any atom is 0.309 e. The average molecular weight is 284 g/mol. The maximum absolute atomic E-state index is 11.3. The van der Waals surface area contributed by atoms with Gasteiger partial charge >= 0.3 is 5.97 Å². The molecule has 0 radical (unpaired) electrons. The second-order valence-corrected chi connectivity index (χ2v) is 4.98. The summed E-state index contributed by atoms with van der Waals surface area (Å²) in [5, 5.41) is 0. The van der Waals surface area contributed by atoms with Crippen LogP contribution in [-0.4, -0.2) is 13.1 Å². The molecule has 4 N–H and O–H groups in total. The van der Waals surface area contributed by atoms with Crippen molar-refractivity contribution in [1.29, 1.82) is 0 Å². The van der Waals surface area contributed by atoms with Crippen molar-refractivity contribution in [3.8, 4) is 0 Å². The largest absolute Gasteiger partial charge is 0.469 e. The number of nitrogens with two attached hydrogens (primary N) is 2. The van der Waals surface area contributed by atoms with Gasteiger partial charge in [-0.1, -0.05) is 30.3 Å². The molecule has 2 rings (SSSR count). The van der Waals surface area contributed by atoms with Gasteiger partial charge in [0.1, 0.15) is 0 Å². The van der Waals surface area contributed by atoms with Gasteiger partial charge in [0.15, 0.2) is 0 Å². The minimum atomic E-state index is -0.252. The highest BCUT2D eigenvalue weighted by Gasteiger charge is 2.07. The number of aryl methyl sites for hydroxylation is 2. The lowest BCUT2D eigenvalue weighted by Gasteiger charge is -2.10. The van der Waals surface area contributed by atoms with E-state index in [4.69, 9.17) is 11.5 Å². The topological polar surface area (TPSA) is 78.3 Å². The van der Waals surface area contributed by atoms with Crippen molar-refractivity contribution in [1.82, 2.24) is 0 Å². The van der Waals surface area contributed by atoms with E-state index in [0.29, 0.717) is 0 Å². The van der Waals surface area contributed by atoms with Crippen molar-refractivity contribution in [3.63, 3.8) is 0 Å². The Balaban J connectivity index is 2.10. The van der Waals surface area contributed by atoms with Crippen LogP contribution in [0.5, 0.6) is 0 Å². The summed E-state index contributed by atoms with van der Waals surface area (Å²) in [6.45, 7) is 0. The number of methoxy groups -OCH3 is 1. The van der Waals surface area contributed by atoms with Crippen LogP contribution in [0.4, 0.5) is 11.4 Å². The maximum atomic E-state index is 11.3. The summed E-state index contributed by atoms with van der Waals surface area (Å²) < 4.78 is 4.68. The van der Waals surface area contributed by atoms with Crippen LogP contribution in [0.25, 0.3) is 0 Å². The summed E-state index contributed by atoms with van der Waals surface area (Å²) in [6, 6.07) is 13.5. The van der Waals surface area contributed by atoms with Gasteiger partial charge < -0.3 is 16.2 Å². The molecule has 2 aromatic carbocycles. The molecule has 0 spiro atoms. The van der Waals surface area contributed by atoms with Crippen molar-refractivity contribution in [2.24, 2.45) is 0 Å². The highest BCUT2D eigenvalue weighted by atomic mass is 16.5. The molecule has 0 aliphatic heterocycles. The molecule has 110 valence electrons. The Labute approximate surface area is 124 Å². The van der Waals surface area contributed by atoms with E-state index in [-0.39, 0.29) is 12.4 Å². The number of hydrogen-bond donors (Lipinski definition) is 2. The lowest BCUT2D eigenvalue weighted by molar-refractivity contribution is -0.139. The quantitative estimate of drug-likeness (QED) is 0.652. The van der Waals surface area contributed by atoms with Crippen LogP contribution in [0.15, 0.2) is 42.5 Å². The van der Waals surface area contributed by atoms with Gasteiger partial charge in [0.2, 0.25) is 0 Å². The fourth-order valence-corrected chi connectivity index (χ4v) is 2.26. The van der Waals surface area contributed by atoms with E-state index in [1.54, 1.807) is 0 Å². The lowest BCUT2D eigenvalue weighted by Crippen LogP contribution is -2.06. The van der Waals surface area contributed by atoms with Gasteiger partial charge in [-0.25, -0.2) is 0 Å². The van der Waals surface area contributed by atoms with Crippen LogP contribution in [0.2, 0.25) is 0 Å². The second kappa shape index (κ2) is 6.79. The van der Waals surface area contributed by atoms with Gasteiger partial charge in [-0.2, -0.15) is 0 Å². The molecule has 0 bridgehead atoms. The number of nitrogen functional groups attached to an aromatic ring is 2. The monoisotopic (exact) mass is 284 g/mol. The van der Waals surface area contributed by atoms with Crippen LogP contribution in [0, 0.1) is 0 Å². The van der Waals surface area contributed by atoms with Gasteiger partial charge in [0.05, 0.1) is 13.5 Å². The number of carbonyl (C=O) groups excluding carboxylic acids is 1. The minimum Gasteiger partial charge on any atom is -0.469 e. The molecule has 4 heteroatoms. The summed E-state index contributed by atoms with van der Waals surface area (Å²) in [7, 11) is 1.39. The molecule has 21 heavy (non-hydrogen) atoms. The van der Waals surface area contributed by atoms with E-state index < -0.39 is 0 Å². The lowest BCUT2D eigenvalue weighted by atomic mass is 9.99. The van der Waals surface area contributed by atoms with Gasteiger partial charge in [-0.3, -0.25) is 4.79 Å². The Morgan fingerprint density at radius 2 is 1.67 bits per heavy atom. The number of carbonyl (C=O) groups is 1. The average Bonchev–Trinajstić information content (AvgIpc) is 2.49. The fraction of sp³-hybridized carbons (Fsp3) is 0.235. The van der Waals surface area contributed by atoms with Crippen molar-refractivity contribution in [3.05, 3.63) is 59.2 Å². The van der Waals surface area contributed by atoms with E-state index in [9.17, 15) is 4.79 Å². The molecule has 0 saturated heterocycles. The summed E-state index contributed by atoms with van der Waals surface area (Å²) in [5.74, 6) is -0.252.